The van der Waals surface area contributed by atoms with Crippen molar-refractivity contribution in [2.45, 2.75) is 6.18 Å². The number of hydrogen-bond acceptors (Lipinski definition) is 3. The molecule has 0 radical (unpaired) electrons. The van der Waals surface area contributed by atoms with Crippen molar-refractivity contribution in [3.05, 3.63) is 57.8 Å². The third-order valence-electron chi connectivity index (χ3n) is 2.35. The zero-order chi connectivity index (χ0) is 14.0. The standard InChI is InChI=1S/C13H7F3O2S/c14-13(15,16)12(18)10-7-6-9(19-10)11(17)8-4-2-1-3-5-8/h1-7H. The fraction of sp³-hybridized carbons (Fsp3) is 0.0769. The fourth-order valence-electron chi connectivity index (χ4n) is 1.45. The largest absolute Gasteiger partial charge is 0.455 e. The van der Waals surface area contributed by atoms with E-state index >= 15 is 0 Å². The SMILES string of the molecule is O=C(c1ccccc1)c1ccc(C(=O)C(F)(F)F)s1. The number of carbonyl (C=O) groups is 2. The summed E-state index contributed by atoms with van der Waals surface area (Å²) in [5, 5.41) is 0. The lowest BCUT2D eigenvalue weighted by atomic mass is 10.1. The summed E-state index contributed by atoms with van der Waals surface area (Å²) in [5.74, 6) is -2.32. The highest BCUT2D eigenvalue weighted by Crippen LogP contribution is 2.27. The molecular formula is C13H7F3O2S. The van der Waals surface area contributed by atoms with Gasteiger partial charge in [-0.2, -0.15) is 13.2 Å². The fourth-order valence-corrected chi connectivity index (χ4v) is 2.38. The first-order valence-corrected chi connectivity index (χ1v) is 6.02. The van der Waals surface area contributed by atoms with E-state index in [1.807, 2.05) is 0 Å². The van der Waals surface area contributed by atoms with Crippen molar-refractivity contribution >= 4 is 22.9 Å². The lowest BCUT2D eigenvalue weighted by molar-refractivity contribution is -0.0882. The second-order valence-corrected chi connectivity index (χ2v) is 4.77. The predicted molar refractivity (Wildman–Crippen MR) is 64.6 cm³/mol. The van der Waals surface area contributed by atoms with Crippen molar-refractivity contribution in [1.29, 1.82) is 0 Å². The lowest BCUT2D eigenvalue weighted by Crippen LogP contribution is -2.21. The van der Waals surface area contributed by atoms with Crippen molar-refractivity contribution in [2.24, 2.45) is 0 Å². The van der Waals surface area contributed by atoms with Crippen LogP contribution in [0.25, 0.3) is 0 Å². The van der Waals surface area contributed by atoms with Crippen LogP contribution in [0.1, 0.15) is 24.9 Å². The molecule has 2 aromatic rings. The van der Waals surface area contributed by atoms with Gasteiger partial charge in [-0.15, -0.1) is 11.3 Å². The highest BCUT2D eigenvalue weighted by Gasteiger charge is 2.40. The number of halogens is 3. The van der Waals surface area contributed by atoms with Gasteiger partial charge in [0.15, 0.2) is 0 Å². The van der Waals surface area contributed by atoms with E-state index in [0.29, 0.717) is 16.9 Å². The summed E-state index contributed by atoms with van der Waals surface area (Å²) in [4.78, 5) is 22.6. The summed E-state index contributed by atoms with van der Waals surface area (Å²) < 4.78 is 36.7. The number of ketones is 2. The topological polar surface area (TPSA) is 34.1 Å². The summed E-state index contributed by atoms with van der Waals surface area (Å²) in [6.45, 7) is 0. The van der Waals surface area contributed by atoms with Gasteiger partial charge in [0.05, 0.1) is 9.75 Å². The Hall–Kier alpha value is -1.95. The predicted octanol–water partition coefficient (Wildman–Crippen LogP) is 3.72. The van der Waals surface area contributed by atoms with E-state index in [1.54, 1.807) is 30.3 Å². The van der Waals surface area contributed by atoms with Crippen LogP contribution in [-0.4, -0.2) is 17.7 Å². The van der Waals surface area contributed by atoms with E-state index in [4.69, 9.17) is 0 Å². The molecular weight excluding hydrogens is 277 g/mol. The number of hydrogen-bond donors (Lipinski definition) is 0. The first-order valence-electron chi connectivity index (χ1n) is 5.20. The molecule has 1 aromatic carbocycles. The van der Waals surface area contributed by atoms with Gasteiger partial charge >= 0.3 is 6.18 Å². The van der Waals surface area contributed by atoms with Crippen molar-refractivity contribution in [3.8, 4) is 0 Å². The molecule has 19 heavy (non-hydrogen) atoms. The first-order chi connectivity index (χ1) is 8.89. The van der Waals surface area contributed by atoms with Crippen LogP contribution in [0.5, 0.6) is 0 Å². The molecule has 0 N–H and O–H groups in total. The molecule has 2 rings (SSSR count). The molecule has 0 unspecified atom stereocenters. The van der Waals surface area contributed by atoms with Crippen LogP contribution < -0.4 is 0 Å². The summed E-state index contributed by atoms with van der Waals surface area (Å²) in [6.07, 6.45) is -4.92. The molecule has 0 fully saturated rings. The van der Waals surface area contributed by atoms with E-state index in [1.165, 1.54) is 6.07 Å². The van der Waals surface area contributed by atoms with Gasteiger partial charge < -0.3 is 0 Å². The first kappa shape index (κ1) is 13.5. The maximum absolute atomic E-state index is 12.2. The Morgan fingerprint density at radius 1 is 0.895 bits per heavy atom. The maximum Gasteiger partial charge on any atom is 0.455 e. The molecule has 98 valence electrons. The Balaban J connectivity index is 2.28. The molecule has 0 saturated carbocycles. The van der Waals surface area contributed by atoms with Gasteiger partial charge in [0.25, 0.3) is 5.78 Å². The molecule has 2 nitrogen and oxygen atoms in total. The van der Waals surface area contributed by atoms with Crippen LogP contribution >= 0.6 is 11.3 Å². The summed E-state index contributed by atoms with van der Waals surface area (Å²) >= 11 is 0.552. The summed E-state index contributed by atoms with van der Waals surface area (Å²) in [6, 6.07) is 10.4. The van der Waals surface area contributed by atoms with E-state index in [0.717, 1.165) is 6.07 Å². The molecule has 0 atom stereocenters. The van der Waals surface area contributed by atoms with Crippen LogP contribution in [0.4, 0.5) is 13.2 Å². The van der Waals surface area contributed by atoms with Crippen LogP contribution in [0, 0.1) is 0 Å². The van der Waals surface area contributed by atoms with E-state index < -0.39 is 22.6 Å². The van der Waals surface area contributed by atoms with Gasteiger partial charge in [0.1, 0.15) is 0 Å². The summed E-state index contributed by atoms with van der Waals surface area (Å²) in [7, 11) is 0. The minimum absolute atomic E-state index is 0.110. The monoisotopic (exact) mass is 284 g/mol. The van der Waals surface area contributed by atoms with Crippen molar-refractivity contribution in [3.63, 3.8) is 0 Å². The molecule has 0 amide bonds. The number of rotatable bonds is 3. The van der Waals surface area contributed by atoms with Crippen LogP contribution in [-0.2, 0) is 0 Å². The number of thiophene rings is 1. The molecule has 0 saturated heterocycles. The van der Waals surface area contributed by atoms with Gasteiger partial charge in [0, 0.05) is 5.56 Å². The molecule has 0 aliphatic rings. The highest BCUT2D eigenvalue weighted by molar-refractivity contribution is 7.16. The smallest absolute Gasteiger partial charge is 0.288 e. The third-order valence-corrected chi connectivity index (χ3v) is 3.43. The Bertz CT molecular complexity index is 614. The highest BCUT2D eigenvalue weighted by atomic mass is 32.1. The van der Waals surface area contributed by atoms with Gasteiger partial charge in [-0.3, -0.25) is 9.59 Å². The van der Waals surface area contributed by atoms with E-state index in [-0.39, 0.29) is 4.88 Å². The lowest BCUT2D eigenvalue weighted by Gasteiger charge is -2.01. The van der Waals surface area contributed by atoms with Crippen LogP contribution in [0.3, 0.4) is 0 Å². The van der Waals surface area contributed by atoms with Gasteiger partial charge in [-0.1, -0.05) is 30.3 Å². The number of carbonyl (C=O) groups excluding carboxylic acids is 2. The maximum atomic E-state index is 12.2. The Kier molecular flexibility index (Phi) is 3.53. The molecule has 0 aliphatic heterocycles. The zero-order valence-corrected chi connectivity index (χ0v) is 10.2. The molecule has 0 aliphatic carbocycles. The van der Waals surface area contributed by atoms with Gasteiger partial charge in [-0.05, 0) is 12.1 Å². The third kappa shape index (κ3) is 2.90. The minimum atomic E-state index is -4.92. The van der Waals surface area contributed by atoms with Crippen molar-refractivity contribution < 1.29 is 22.8 Å². The van der Waals surface area contributed by atoms with Crippen molar-refractivity contribution in [1.82, 2.24) is 0 Å². The van der Waals surface area contributed by atoms with Gasteiger partial charge in [-0.25, -0.2) is 0 Å². The Labute approximate surface area is 110 Å². The van der Waals surface area contributed by atoms with Crippen molar-refractivity contribution in [2.75, 3.05) is 0 Å². The number of Topliss-reactive ketones (excluding diaryl/α,β-unsaturated/α-hetero) is 1. The second-order valence-electron chi connectivity index (χ2n) is 3.69. The second kappa shape index (κ2) is 4.97. The van der Waals surface area contributed by atoms with Gasteiger partial charge in [0.2, 0.25) is 5.78 Å². The molecule has 1 heterocycles. The summed E-state index contributed by atoms with van der Waals surface area (Å²) in [5.41, 5.74) is 0.371. The zero-order valence-electron chi connectivity index (χ0n) is 9.40. The quantitative estimate of drug-likeness (QED) is 0.805. The van der Waals surface area contributed by atoms with Crippen LogP contribution in [0.15, 0.2) is 42.5 Å². The average molecular weight is 284 g/mol. The van der Waals surface area contributed by atoms with E-state index in [2.05, 4.69) is 0 Å². The molecule has 6 heteroatoms. The Morgan fingerprint density at radius 3 is 2.05 bits per heavy atom. The Morgan fingerprint density at radius 2 is 1.47 bits per heavy atom. The van der Waals surface area contributed by atoms with E-state index in [9.17, 15) is 22.8 Å². The molecule has 0 bridgehead atoms. The number of benzene rings is 1. The average Bonchev–Trinajstić information content (AvgIpc) is 2.86. The number of alkyl halides is 3. The normalized spacial score (nSPS) is 11.3. The minimum Gasteiger partial charge on any atom is -0.288 e. The molecule has 1 aromatic heterocycles. The van der Waals surface area contributed by atoms with Crippen LogP contribution in [0.2, 0.25) is 0 Å². The molecule has 0 spiro atoms.